The number of hydrogen-bond acceptors (Lipinski definition) is 14. The molecular weight excluding hydrogens is 989 g/mol. The molecule has 0 unspecified atom stereocenters. The molecule has 2 atom stereocenters. The van der Waals surface area contributed by atoms with Crippen LogP contribution in [0.25, 0.3) is 44.1 Å². The lowest BCUT2D eigenvalue weighted by molar-refractivity contribution is -0.125. The lowest BCUT2D eigenvalue weighted by Gasteiger charge is -2.14. The average Bonchev–Trinajstić information content (AvgIpc) is 3.39. The molecule has 0 aliphatic carbocycles. The Balaban J connectivity index is 0.000000216. The molecular formula is C52H54N10O10S2. The Hall–Kier alpha value is -8.50. The maximum atomic E-state index is 13.2. The molecule has 4 heterocycles. The lowest BCUT2D eigenvalue weighted by atomic mass is 10.0. The minimum absolute atomic E-state index is 0.105. The van der Waals surface area contributed by atoms with E-state index in [2.05, 4.69) is 40.0 Å². The van der Waals surface area contributed by atoms with Crippen molar-refractivity contribution < 1.29 is 35.9 Å². The summed E-state index contributed by atoms with van der Waals surface area (Å²) in [5.41, 5.74) is 4.76. The number of sulfonamides is 2. The first-order valence-electron chi connectivity index (χ1n) is 22.9. The van der Waals surface area contributed by atoms with Crippen LogP contribution in [0.2, 0.25) is 0 Å². The number of methoxy groups -OCH3 is 2. The SMILES string of the molecule is CNC(=O)[C@@H](C)Cn1cnc2ccc(-c3cnc(OC)c(NS(=O)(=O)c4cccc(C)c4)c3)cc2c1=O.CNC(=O)[C@H](C)Cn1cnc2ccc(-c3cnc(OC)c(NS(=O)(=O)c4cccc(C)c4)c3)cc2c1=O. The summed E-state index contributed by atoms with van der Waals surface area (Å²) >= 11 is 0. The molecule has 0 saturated carbocycles. The van der Waals surface area contributed by atoms with Gasteiger partial charge < -0.3 is 20.1 Å². The van der Waals surface area contributed by atoms with Gasteiger partial charge in [-0.05, 0) is 96.8 Å². The van der Waals surface area contributed by atoms with Gasteiger partial charge in [-0.15, -0.1) is 0 Å². The Kier molecular flexibility index (Phi) is 16.2. The van der Waals surface area contributed by atoms with Crippen LogP contribution < -0.4 is 40.7 Å². The van der Waals surface area contributed by atoms with Crippen molar-refractivity contribution in [3.05, 3.63) is 154 Å². The van der Waals surface area contributed by atoms with E-state index < -0.39 is 31.9 Å². The Morgan fingerprint density at radius 3 is 1.30 bits per heavy atom. The fraction of sp³-hybridized carbons (Fsp3) is 0.231. The summed E-state index contributed by atoms with van der Waals surface area (Å²) in [5.74, 6) is -0.975. The lowest BCUT2D eigenvalue weighted by Crippen LogP contribution is -2.32. The number of benzene rings is 4. The topological polar surface area (TPSA) is 265 Å². The number of anilines is 2. The minimum atomic E-state index is -3.90. The van der Waals surface area contributed by atoms with Crippen LogP contribution in [0.3, 0.4) is 0 Å². The molecule has 22 heteroatoms. The van der Waals surface area contributed by atoms with Crippen LogP contribution in [-0.2, 0) is 42.7 Å². The van der Waals surface area contributed by atoms with Gasteiger partial charge in [0.25, 0.3) is 31.2 Å². The van der Waals surface area contributed by atoms with Crippen molar-refractivity contribution >= 4 is 65.0 Å². The number of carbonyl (C=O) groups is 2. The molecule has 4 aromatic heterocycles. The van der Waals surface area contributed by atoms with Crippen molar-refractivity contribution in [1.82, 2.24) is 39.7 Å². The van der Waals surface area contributed by atoms with Crippen LogP contribution in [0.15, 0.2) is 141 Å². The van der Waals surface area contributed by atoms with Crippen LogP contribution in [0.4, 0.5) is 11.4 Å². The number of fused-ring (bicyclic) bond motifs is 2. The number of aromatic nitrogens is 6. The fourth-order valence-electron chi connectivity index (χ4n) is 7.85. The zero-order valence-corrected chi connectivity index (χ0v) is 43.3. The van der Waals surface area contributed by atoms with Gasteiger partial charge in [-0.1, -0.05) is 50.2 Å². The first-order valence-corrected chi connectivity index (χ1v) is 25.9. The third-order valence-corrected chi connectivity index (χ3v) is 14.5. The summed E-state index contributed by atoms with van der Waals surface area (Å²) in [5, 5.41) is 5.88. The van der Waals surface area contributed by atoms with Crippen molar-refractivity contribution in [2.24, 2.45) is 11.8 Å². The number of hydrogen-bond donors (Lipinski definition) is 4. The summed E-state index contributed by atoms with van der Waals surface area (Å²) in [7, 11) is -1.91. The van der Waals surface area contributed by atoms with Gasteiger partial charge in [0.1, 0.15) is 11.4 Å². The summed E-state index contributed by atoms with van der Waals surface area (Å²) < 4.78 is 70.5. The first-order chi connectivity index (χ1) is 35.2. The number of nitrogens with zero attached hydrogens (tertiary/aromatic N) is 6. The second-order valence-electron chi connectivity index (χ2n) is 17.3. The highest BCUT2D eigenvalue weighted by Crippen LogP contribution is 2.33. The molecule has 0 aliphatic heterocycles. The summed E-state index contributed by atoms with van der Waals surface area (Å²) in [6, 6.07) is 26.6. The average molecular weight is 1040 g/mol. The number of aryl methyl sites for hydroxylation is 2. The molecule has 0 spiro atoms. The Bertz CT molecular complexity index is 3540. The summed E-state index contributed by atoms with van der Waals surface area (Å²) in [6.07, 6.45) is 5.92. The molecule has 20 nitrogen and oxygen atoms in total. The van der Waals surface area contributed by atoms with Crippen LogP contribution in [0.1, 0.15) is 25.0 Å². The Labute approximate surface area is 427 Å². The van der Waals surface area contributed by atoms with E-state index in [1.807, 2.05) is 26.0 Å². The molecule has 74 heavy (non-hydrogen) atoms. The zero-order chi connectivity index (χ0) is 53.5. The molecule has 384 valence electrons. The fourth-order valence-corrected chi connectivity index (χ4v) is 10.2. The molecule has 4 N–H and O–H groups in total. The van der Waals surface area contributed by atoms with Crippen molar-refractivity contribution in [2.75, 3.05) is 37.8 Å². The molecule has 0 bridgehead atoms. The minimum Gasteiger partial charge on any atom is -0.480 e. The van der Waals surface area contributed by atoms with Crippen molar-refractivity contribution in [3.8, 4) is 34.0 Å². The molecule has 0 fully saturated rings. The number of ether oxygens (including phenoxy) is 2. The van der Waals surface area contributed by atoms with Crippen LogP contribution in [-0.4, -0.2) is 86.0 Å². The molecule has 0 saturated heterocycles. The number of rotatable bonds is 16. The molecule has 4 aromatic carbocycles. The number of carbonyl (C=O) groups excluding carboxylic acids is 2. The third-order valence-electron chi connectivity index (χ3n) is 11.8. The molecule has 8 rings (SSSR count). The van der Waals surface area contributed by atoms with E-state index in [4.69, 9.17) is 9.47 Å². The smallest absolute Gasteiger partial charge is 0.262 e. The van der Waals surface area contributed by atoms with Gasteiger partial charge in [0.05, 0.1) is 70.3 Å². The van der Waals surface area contributed by atoms with E-state index in [1.165, 1.54) is 60.5 Å². The van der Waals surface area contributed by atoms with E-state index in [0.717, 1.165) is 11.1 Å². The van der Waals surface area contributed by atoms with Crippen LogP contribution in [0, 0.1) is 25.7 Å². The van der Waals surface area contributed by atoms with Gasteiger partial charge in [0.15, 0.2) is 0 Å². The molecule has 0 aliphatic rings. The van der Waals surface area contributed by atoms with E-state index in [1.54, 1.807) is 101 Å². The molecule has 0 radical (unpaired) electrons. The predicted octanol–water partition coefficient (Wildman–Crippen LogP) is 5.92. The number of pyridine rings is 2. The largest absolute Gasteiger partial charge is 0.480 e. The maximum Gasteiger partial charge on any atom is 0.262 e. The maximum absolute atomic E-state index is 13.2. The summed E-state index contributed by atoms with van der Waals surface area (Å²) in [6.45, 7) is 7.44. The van der Waals surface area contributed by atoms with Crippen LogP contribution >= 0.6 is 0 Å². The summed E-state index contributed by atoms with van der Waals surface area (Å²) in [4.78, 5) is 67.6. The van der Waals surface area contributed by atoms with Crippen LogP contribution in [0.5, 0.6) is 11.8 Å². The van der Waals surface area contributed by atoms with Crippen molar-refractivity contribution in [3.63, 3.8) is 0 Å². The van der Waals surface area contributed by atoms with Crippen molar-refractivity contribution in [2.45, 2.75) is 50.6 Å². The van der Waals surface area contributed by atoms with Gasteiger partial charge in [0.2, 0.25) is 23.6 Å². The van der Waals surface area contributed by atoms with E-state index in [0.29, 0.717) is 44.1 Å². The zero-order valence-electron chi connectivity index (χ0n) is 41.7. The van der Waals surface area contributed by atoms with Gasteiger partial charge in [0, 0.05) is 50.7 Å². The number of nitrogens with one attached hydrogen (secondary N) is 4. The normalized spacial score (nSPS) is 12.2. The van der Waals surface area contributed by atoms with Crippen molar-refractivity contribution in [1.29, 1.82) is 0 Å². The standard InChI is InChI=1S/2C26H27N5O5S/c2*1-16-6-5-7-20(10-16)37(34,35)30-23-12-19(13-28-25(23)36-4)18-8-9-22-21(11-18)26(33)31(15-29-22)14-17(2)24(32)27-3/h2*5-13,15,17,30H,14H2,1-4H3,(H,27,32)/t2*17-/m10/s1. The predicted molar refractivity (Wildman–Crippen MR) is 282 cm³/mol. The molecule has 2 amide bonds. The van der Waals surface area contributed by atoms with E-state index in [9.17, 15) is 36.0 Å². The van der Waals surface area contributed by atoms with Gasteiger partial charge in [-0.3, -0.25) is 37.8 Å². The quantitative estimate of drug-likeness (QED) is 0.0876. The highest BCUT2D eigenvalue weighted by Gasteiger charge is 2.22. The first kappa shape index (κ1) is 53.3. The highest BCUT2D eigenvalue weighted by molar-refractivity contribution is 7.93. The van der Waals surface area contributed by atoms with Gasteiger partial charge in [-0.2, -0.15) is 0 Å². The third kappa shape index (κ3) is 12.0. The Morgan fingerprint density at radius 1 is 0.554 bits per heavy atom. The molecule has 8 aromatic rings. The highest BCUT2D eigenvalue weighted by atomic mass is 32.2. The number of amides is 2. The second-order valence-corrected chi connectivity index (χ2v) is 20.7. The monoisotopic (exact) mass is 1040 g/mol. The second kappa shape index (κ2) is 22.5. The van der Waals surface area contributed by atoms with E-state index in [-0.39, 0.29) is 68.9 Å². The Morgan fingerprint density at radius 2 is 0.946 bits per heavy atom. The van der Waals surface area contributed by atoms with Gasteiger partial charge in [-0.25, -0.2) is 36.8 Å². The van der Waals surface area contributed by atoms with Gasteiger partial charge >= 0.3 is 0 Å². The van der Waals surface area contributed by atoms with E-state index >= 15 is 0 Å².